The third kappa shape index (κ3) is 3.84. The van der Waals surface area contributed by atoms with E-state index in [4.69, 9.17) is 5.73 Å². The van der Waals surface area contributed by atoms with Crippen molar-refractivity contribution in [3.8, 4) is 0 Å². The summed E-state index contributed by atoms with van der Waals surface area (Å²) < 4.78 is 1.20. The zero-order chi connectivity index (χ0) is 14.4. The Bertz CT molecular complexity index is 411. The summed E-state index contributed by atoms with van der Waals surface area (Å²) in [6, 6.07) is 8.51. The van der Waals surface area contributed by atoms with Crippen LogP contribution in [0.2, 0.25) is 0 Å². The molecule has 1 fully saturated rings. The Labute approximate surface area is 131 Å². The van der Waals surface area contributed by atoms with Crippen LogP contribution in [-0.4, -0.2) is 24.0 Å². The van der Waals surface area contributed by atoms with Gasteiger partial charge in [0.15, 0.2) is 0 Å². The molecule has 1 aliphatic rings. The van der Waals surface area contributed by atoms with Gasteiger partial charge in [0.25, 0.3) is 0 Å². The summed E-state index contributed by atoms with van der Waals surface area (Å²) in [5, 5.41) is 0. The van der Waals surface area contributed by atoms with Crippen molar-refractivity contribution in [3.05, 3.63) is 34.3 Å². The van der Waals surface area contributed by atoms with Crippen LogP contribution in [0.15, 0.2) is 28.7 Å². The van der Waals surface area contributed by atoms with Crippen molar-refractivity contribution in [1.82, 2.24) is 4.90 Å². The molecule has 0 aliphatic heterocycles. The van der Waals surface area contributed by atoms with Crippen molar-refractivity contribution in [2.24, 2.45) is 5.73 Å². The smallest absolute Gasteiger partial charge is 0.0332 e. The maximum atomic E-state index is 6.20. The number of halogens is 1. The molecule has 1 saturated carbocycles. The minimum Gasteiger partial charge on any atom is -0.329 e. The third-order valence-corrected chi connectivity index (χ3v) is 5.61. The average molecular weight is 339 g/mol. The van der Waals surface area contributed by atoms with E-state index < -0.39 is 0 Å². The van der Waals surface area contributed by atoms with Crippen LogP contribution in [0.1, 0.15) is 50.5 Å². The van der Waals surface area contributed by atoms with Gasteiger partial charge in [-0.05, 0) is 31.5 Å². The summed E-state index contributed by atoms with van der Waals surface area (Å²) in [7, 11) is 2.24. The van der Waals surface area contributed by atoms with Gasteiger partial charge in [-0.2, -0.15) is 0 Å². The van der Waals surface area contributed by atoms with E-state index in [-0.39, 0.29) is 5.54 Å². The Kier molecular flexibility index (Phi) is 6.06. The molecular formula is C17H27BrN2. The summed E-state index contributed by atoms with van der Waals surface area (Å²) in [6.45, 7) is 1.74. The number of hydrogen-bond donors (Lipinski definition) is 1. The van der Waals surface area contributed by atoms with Crippen molar-refractivity contribution in [2.45, 2.75) is 57.0 Å². The molecular weight excluding hydrogens is 312 g/mol. The van der Waals surface area contributed by atoms with Crippen LogP contribution in [0, 0.1) is 0 Å². The van der Waals surface area contributed by atoms with Crippen LogP contribution in [-0.2, 0) is 6.54 Å². The van der Waals surface area contributed by atoms with Crippen LogP contribution in [0.4, 0.5) is 0 Å². The monoisotopic (exact) mass is 338 g/mol. The van der Waals surface area contributed by atoms with Gasteiger partial charge in [0.1, 0.15) is 0 Å². The maximum absolute atomic E-state index is 6.20. The van der Waals surface area contributed by atoms with Crippen molar-refractivity contribution < 1.29 is 0 Å². The molecule has 2 rings (SSSR count). The van der Waals surface area contributed by atoms with E-state index in [9.17, 15) is 0 Å². The largest absolute Gasteiger partial charge is 0.329 e. The van der Waals surface area contributed by atoms with Gasteiger partial charge in [0.05, 0.1) is 0 Å². The Hall–Kier alpha value is -0.380. The van der Waals surface area contributed by atoms with Gasteiger partial charge in [0, 0.05) is 23.1 Å². The Balaban J connectivity index is 2.10. The molecule has 3 heteroatoms. The Morgan fingerprint density at radius 3 is 2.30 bits per heavy atom. The van der Waals surface area contributed by atoms with E-state index in [1.54, 1.807) is 0 Å². The molecule has 20 heavy (non-hydrogen) atoms. The summed E-state index contributed by atoms with van der Waals surface area (Å²) in [6.07, 6.45) is 9.24. The highest BCUT2D eigenvalue weighted by molar-refractivity contribution is 9.10. The summed E-state index contributed by atoms with van der Waals surface area (Å²) in [5.41, 5.74) is 7.74. The molecule has 2 N–H and O–H groups in total. The summed E-state index contributed by atoms with van der Waals surface area (Å²) in [4.78, 5) is 2.50. The second-order valence-electron chi connectivity index (χ2n) is 6.14. The van der Waals surface area contributed by atoms with E-state index >= 15 is 0 Å². The molecule has 1 aromatic carbocycles. The molecule has 1 aliphatic carbocycles. The van der Waals surface area contributed by atoms with Crippen LogP contribution >= 0.6 is 15.9 Å². The van der Waals surface area contributed by atoms with E-state index in [2.05, 4.69) is 52.1 Å². The molecule has 0 bridgehead atoms. The third-order valence-electron chi connectivity index (χ3n) is 4.84. The molecule has 0 radical (unpaired) electrons. The highest BCUT2D eigenvalue weighted by atomic mass is 79.9. The highest BCUT2D eigenvalue weighted by Gasteiger charge is 2.33. The first kappa shape index (κ1) is 16.0. The fourth-order valence-corrected chi connectivity index (χ4v) is 3.77. The van der Waals surface area contributed by atoms with E-state index in [1.165, 1.54) is 55.0 Å². The maximum Gasteiger partial charge on any atom is 0.0332 e. The van der Waals surface area contributed by atoms with Crippen molar-refractivity contribution in [2.75, 3.05) is 13.6 Å². The molecule has 0 aromatic heterocycles. The Morgan fingerprint density at radius 1 is 1.10 bits per heavy atom. The second kappa shape index (κ2) is 7.58. The Morgan fingerprint density at radius 2 is 1.70 bits per heavy atom. The van der Waals surface area contributed by atoms with Gasteiger partial charge < -0.3 is 5.73 Å². The van der Waals surface area contributed by atoms with Gasteiger partial charge in [-0.15, -0.1) is 0 Å². The van der Waals surface area contributed by atoms with Crippen LogP contribution in [0.3, 0.4) is 0 Å². The summed E-state index contributed by atoms with van der Waals surface area (Å²) in [5.74, 6) is 0. The van der Waals surface area contributed by atoms with Gasteiger partial charge in [-0.1, -0.05) is 66.2 Å². The SMILES string of the molecule is CN(Cc1ccccc1Br)C1(CN)CCCCCCC1. The average Bonchev–Trinajstić information content (AvgIpc) is 2.42. The van der Waals surface area contributed by atoms with Crippen LogP contribution in [0.25, 0.3) is 0 Å². The molecule has 2 nitrogen and oxygen atoms in total. The number of nitrogens with zero attached hydrogens (tertiary/aromatic N) is 1. The second-order valence-corrected chi connectivity index (χ2v) is 7.00. The lowest BCUT2D eigenvalue weighted by atomic mass is 9.82. The van der Waals surface area contributed by atoms with Gasteiger partial charge >= 0.3 is 0 Å². The zero-order valence-corrected chi connectivity index (χ0v) is 14.2. The lowest BCUT2D eigenvalue weighted by molar-refractivity contribution is 0.0863. The number of likely N-dealkylation sites (N-methyl/N-ethyl adjacent to an activating group) is 1. The van der Waals surface area contributed by atoms with Gasteiger partial charge in [-0.25, -0.2) is 0 Å². The summed E-state index contributed by atoms with van der Waals surface area (Å²) >= 11 is 3.66. The zero-order valence-electron chi connectivity index (χ0n) is 12.6. The van der Waals surface area contributed by atoms with E-state index in [0.717, 1.165) is 13.1 Å². The molecule has 0 saturated heterocycles. The predicted octanol–water partition coefficient (Wildman–Crippen LogP) is 4.32. The quantitative estimate of drug-likeness (QED) is 0.885. The van der Waals surface area contributed by atoms with Crippen molar-refractivity contribution >= 4 is 15.9 Å². The lowest BCUT2D eigenvalue weighted by Crippen LogP contribution is -2.52. The number of hydrogen-bond acceptors (Lipinski definition) is 2. The molecule has 0 heterocycles. The minimum atomic E-state index is 0.190. The van der Waals surface area contributed by atoms with E-state index in [0.29, 0.717) is 0 Å². The van der Waals surface area contributed by atoms with Crippen LogP contribution in [0.5, 0.6) is 0 Å². The van der Waals surface area contributed by atoms with Gasteiger partial charge in [-0.3, -0.25) is 4.90 Å². The predicted molar refractivity (Wildman–Crippen MR) is 89.7 cm³/mol. The first-order valence-electron chi connectivity index (χ1n) is 7.83. The number of benzene rings is 1. The lowest BCUT2D eigenvalue weighted by Gasteiger charge is -2.43. The molecule has 0 amide bonds. The number of rotatable bonds is 4. The molecule has 0 atom stereocenters. The van der Waals surface area contributed by atoms with Gasteiger partial charge in [0.2, 0.25) is 0 Å². The molecule has 0 spiro atoms. The van der Waals surface area contributed by atoms with Crippen molar-refractivity contribution in [1.29, 1.82) is 0 Å². The van der Waals surface area contributed by atoms with Crippen molar-refractivity contribution in [3.63, 3.8) is 0 Å². The molecule has 0 unspecified atom stereocenters. The fraction of sp³-hybridized carbons (Fsp3) is 0.647. The first-order valence-corrected chi connectivity index (χ1v) is 8.62. The molecule has 1 aromatic rings. The topological polar surface area (TPSA) is 29.3 Å². The molecule has 112 valence electrons. The normalized spacial score (nSPS) is 19.6. The van der Waals surface area contributed by atoms with Crippen LogP contribution < -0.4 is 5.73 Å². The van der Waals surface area contributed by atoms with E-state index in [1.807, 2.05) is 0 Å². The first-order chi connectivity index (χ1) is 9.68. The highest BCUT2D eigenvalue weighted by Crippen LogP contribution is 2.32. The minimum absolute atomic E-state index is 0.190. The fourth-order valence-electron chi connectivity index (χ4n) is 3.35. The number of nitrogens with two attached hydrogens (primary N) is 1. The standard InChI is InChI=1S/C17H27BrN2/c1-20(13-15-9-5-6-10-16(15)18)17(14-19)11-7-3-2-4-8-12-17/h5-6,9-10H,2-4,7-8,11-14,19H2,1H3.